The van der Waals surface area contributed by atoms with E-state index in [-0.39, 0.29) is 0 Å². The van der Waals surface area contributed by atoms with Gasteiger partial charge in [0.25, 0.3) is 0 Å². The molecule has 11 rings (SSSR count). The lowest BCUT2D eigenvalue weighted by Crippen LogP contribution is -2.46. The fraction of sp³-hybridized carbons (Fsp3) is 0.100. The van der Waals surface area contributed by atoms with Crippen LogP contribution in [0.3, 0.4) is 0 Å². The average Bonchev–Trinajstić information content (AvgIpc) is 3.66. The third-order valence-corrected chi connectivity index (χ3v) is 13.6. The van der Waals surface area contributed by atoms with Crippen LogP contribution in [0, 0.1) is 0 Å². The van der Waals surface area contributed by atoms with Crippen molar-refractivity contribution in [2.45, 2.75) is 38.4 Å². The molecule has 70 heavy (non-hydrogen) atoms. The third kappa shape index (κ3) is 9.37. The van der Waals surface area contributed by atoms with Gasteiger partial charge in [0.05, 0.1) is 11.2 Å². The van der Waals surface area contributed by atoms with E-state index in [1.807, 2.05) is 127 Å². The zero-order chi connectivity index (χ0) is 47.7. The molecule has 8 aromatic carbocycles. The van der Waals surface area contributed by atoms with Crippen LogP contribution in [0.4, 0.5) is 0 Å². The minimum atomic E-state index is -0.635. The maximum atomic E-state index is 6.91. The Labute approximate surface area is 416 Å². The van der Waals surface area contributed by atoms with Crippen LogP contribution in [-0.2, 0) is 15.7 Å². The van der Waals surface area contributed by atoms with Crippen molar-refractivity contribution in [2.75, 3.05) is 0 Å². The summed E-state index contributed by atoms with van der Waals surface area (Å²) >= 11 is 3.55. The molecule has 8 nitrogen and oxygen atoms in total. The molecule has 0 radical (unpaired) electrons. The lowest BCUT2D eigenvalue weighted by molar-refractivity contribution is -0.00876. The van der Waals surface area contributed by atoms with Gasteiger partial charge in [-0.3, -0.25) is 0 Å². The van der Waals surface area contributed by atoms with Gasteiger partial charge in [0.2, 0.25) is 0 Å². The minimum Gasteiger partial charge on any atom is -0.399 e. The second-order valence-electron chi connectivity index (χ2n) is 18.2. The van der Waals surface area contributed by atoms with Crippen molar-refractivity contribution in [1.82, 2.24) is 29.9 Å². The largest absolute Gasteiger partial charge is 0.494 e. The summed E-state index contributed by atoms with van der Waals surface area (Å²) in [5.74, 6) is 3.67. The standard InChI is InChI=1S/C60H46BBrN6O2/c1-59(2)60(3,39-40-14-13-21-50(38-40)43-24-28-47(29-25-43)56-64-54(45-19-11-6-12-20-45)66-58(68-56)49-32-36-52(62)37-33-49)70-61(69-59)51-34-30-48(31-35-51)57-65-53(44-17-9-5-10-18-44)63-55(67-57)46-26-22-42(23-27-46)41-15-7-4-8-16-41/h4-38H,39H2,1-3H3. The molecule has 1 saturated heterocycles. The summed E-state index contributed by atoms with van der Waals surface area (Å²) < 4.78 is 14.6. The molecule has 0 saturated carbocycles. The first-order valence-corrected chi connectivity index (χ1v) is 24.1. The quantitative estimate of drug-likeness (QED) is 0.118. The summed E-state index contributed by atoms with van der Waals surface area (Å²) in [7, 11) is -0.566. The number of halogens is 1. The second-order valence-corrected chi connectivity index (χ2v) is 19.1. The van der Waals surface area contributed by atoms with Crippen molar-refractivity contribution < 1.29 is 9.31 Å². The van der Waals surface area contributed by atoms with Gasteiger partial charge in [0, 0.05) is 44.3 Å². The van der Waals surface area contributed by atoms with E-state index in [0.29, 0.717) is 41.4 Å². The Morgan fingerprint density at radius 1 is 0.357 bits per heavy atom. The van der Waals surface area contributed by atoms with Gasteiger partial charge in [0.15, 0.2) is 34.9 Å². The Morgan fingerprint density at radius 3 is 1.13 bits per heavy atom. The number of hydrogen-bond acceptors (Lipinski definition) is 8. The fourth-order valence-corrected chi connectivity index (χ4v) is 9.04. The van der Waals surface area contributed by atoms with Crippen molar-refractivity contribution in [3.05, 3.63) is 222 Å². The maximum absolute atomic E-state index is 6.91. The van der Waals surface area contributed by atoms with Crippen molar-refractivity contribution in [3.8, 4) is 90.6 Å². The zero-order valence-electron chi connectivity index (χ0n) is 38.9. The van der Waals surface area contributed by atoms with Crippen LogP contribution in [0.25, 0.3) is 90.6 Å². The van der Waals surface area contributed by atoms with Gasteiger partial charge in [0.1, 0.15) is 0 Å². The third-order valence-electron chi connectivity index (χ3n) is 13.1. The van der Waals surface area contributed by atoms with Crippen molar-refractivity contribution in [2.24, 2.45) is 0 Å². The molecule has 1 aliphatic rings. The molecule has 10 aromatic rings. The number of aromatic nitrogens is 6. The summed E-state index contributed by atoms with van der Waals surface area (Å²) in [4.78, 5) is 29.6. The smallest absolute Gasteiger partial charge is 0.399 e. The van der Waals surface area contributed by atoms with Crippen LogP contribution >= 0.6 is 15.9 Å². The maximum Gasteiger partial charge on any atom is 0.494 e. The summed E-state index contributed by atoms with van der Waals surface area (Å²) in [6.07, 6.45) is 0.648. The molecular weight excluding hydrogens is 927 g/mol. The molecule has 2 aromatic heterocycles. The zero-order valence-corrected chi connectivity index (χ0v) is 40.5. The predicted molar refractivity (Wildman–Crippen MR) is 285 cm³/mol. The molecular formula is C60H46BBrN6O2. The second kappa shape index (κ2) is 19.0. The van der Waals surface area contributed by atoms with E-state index < -0.39 is 18.3 Å². The lowest BCUT2D eigenvalue weighted by atomic mass is 9.78. The summed E-state index contributed by atoms with van der Waals surface area (Å²) in [6.45, 7) is 6.37. The lowest BCUT2D eigenvalue weighted by Gasteiger charge is -2.36. The van der Waals surface area contributed by atoms with Crippen LogP contribution in [0.15, 0.2) is 217 Å². The van der Waals surface area contributed by atoms with E-state index in [1.165, 1.54) is 0 Å². The summed E-state index contributed by atoms with van der Waals surface area (Å²) in [5.41, 5.74) is 10.8. The topological polar surface area (TPSA) is 95.8 Å². The van der Waals surface area contributed by atoms with E-state index >= 15 is 0 Å². The van der Waals surface area contributed by atoms with E-state index in [9.17, 15) is 0 Å². The molecule has 0 aliphatic carbocycles. The Kier molecular flexibility index (Phi) is 12.1. The highest BCUT2D eigenvalue weighted by molar-refractivity contribution is 9.10. The van der Waals surface area contributed by atoms with Gasteiger partial charge in [-0.05, 0) is 66.2 Å². The number of hydrogen-bond donors (Lipinski definition) is 0. The van der Waals surface area contributed by atoms with Gasteiger partial charge >= 0.3 is 7.12 Å². The molecule has 0 amide bonds. The molecule has 0 spiro atoms. The molecule has 1 fully saturated rings. The van der Waals surface area contributed by atoms with E-state index in [4.69, 9.17) is 39.2 Å². The van der Waals surface area contributed by atoms with Crippen LogP contribution in [0.5, 0.6) is 0 Å². The van der Waals surface area contributed by atoms with E-state index in [0.717, 1.165) is 71.1 Å². The number of rotatable bonds is 11. The van der Waals surface area contributed by atoms with Crippen molar-refractivity contribution >= 4 is 28.5 Å². The minimum absolute atomic E-state index is 0.566. The molecule has 338 valence electrons. The molecule has 10 heteroatoms. The normalized spacial score (nSPS) is 15.2. The Balaban J connectivity index is 0.818. The summed E-state index contributed by atoms with van der Waals surface area (Å²) in [5, 5.41) is 0. The molecule has 1 aliphatic heterocycles. The highest BCUT2D eigenvalue weighted by Gasteiger charge is 2.54. The van der Waals surface area contributed by atoms with Crippen molar-refractivity contribution in [3.63, 3.8) is 0 Å². The van der Waals surface area contributed by atoms with E-state index in [1.54, 1.807) is 0 Å². The van der Waals surface area contributed by atoms with Gasteiger partial charge in [-0.2, -0.15) is 0 Å². The highest BCUT2D eigenvalue weighted by Crippen LogP contribution is 2.40. The molecule has 1 atom stereocenters. The average molecular weight is 974 g/mol. The monoisotopic (exact) mass is 972 g/mol. The number of nitrogens with zero attached hydrogens (tertiary/aromatic N) is 6. The van der Waals surface area contributed by atoms with Crippen LogP contribution in [0.2, 0.25) is 0 Å². The van der Waals surface area contributed by atoms with Crippen LogP contribution < -0.4 is 5.46 Å². The first-order valence-electron chi connectivity index (χ1n) is 23.3. The summed E-state index contributed by atoms with van der Waals surface area (Å²) in [6, 6.07) is 72.0. The highest BCUT2D eigenvalue weighted by atomic mass is 79.9. The fourth-order valence-electron chi connectivity index (χ4n) is 8.78. The van der Waals surface area contributed by atoms with Crippen LogP contribution in [-0.4, -0.2) is 48.2 Å². The van der Waals surface area contributed by atoms with Crippen molar-refractivity contribution in [1.29, 1.82) is 0 Å². The van der Waals surface area contributed by atoms with Gasteiger partial charge < -0.3 is 9.31 Å². The Hall–Kier alpha value is -7.76. The molecule has 3 heterocycles. The Morgan fingerprint density at radius 2 is 0.686 bits per heavy atom. The first-order chi connectivity index (χ1) is 34.1. The number of benzene rings is 8. The van der Waals surface area contributed by atoms with Gasteiger partial charge in [-0.25, -0.2) is 29.9 Å². The molecule has 0 N–H and O–H groups in total. The SMILES string of the molecule is CC1(C)OB(c2ccc(-c3nc(-c4ccccc4)nc(-c4ccc(-c5ccccc5)cc4)n3)cc2)OC1(C)Cc1cccc(-c2ccc(-c3nc(-c4ccccc4)nc(-c4ccc(Br)cc4)n3)cc2)c1. The Bertz CT molecular complexity index is 3440. The predicted octanol–water partition coefficient (Wildman–Crippen LogP) is 13.7. The first kappa shape index (κ1) is 44.7. The van der Waals surface area contributed by atoms with Gasteiger partial charge in [-0.15, -0.1) is 0 Å². The van der Waals surface area contributed by atoms with Gasteiger partial charge in [-0.1, -0.05) is 216 Å². The molecule has 0 bridgehead atoms. The van der Waals surface area contributed by atoms with E-state index in [2.05, 4.69) is 122 Å². The molecule has 1 unspecified atom stereocenters. The van der Waals surface area contributed by atoms with Crippen LogP contribution in [0.1, 0.15) is 26.3 Å².